The number of nitrogens with two attached hydrogens (primary N) is 1. The predicted molar refractivity (Wildman–Crippen MR) is 77.6 cm³/mol. The molecule has 18 heavy (non-hydrogen) atoms. The topological polar surface area (TPSA) is 50.9 Å². The van der Waals surface area contributed by atoms with Gasteiger partial charge in [0, 0.05) is 11.3 Å². The predicted octanol–water partition coefficient (Wildman–Crippen LogP) is 3.60. The number of aryl methyl sites for hydroxylation is 1. The van der Waals surface area contributed by atoms with E-state index in [-0.39, 0.29) is 0 Å². The van der Waals surface area contributed by atoms with Crippen molar-refractivity contribution in [1.82, 2.24) is 4.98 Å². The van der Waals surface area contributed by atoms with Crippen LogP contribution in [-0.4, -0.2) is 4.98 Å². The summed E-state index contributed by atoms with van der Waals surface area (Å²) in [4.78, 5) is 4.85. The summed E-state index contributed by atoms with van der Waals surface area (Å²) in [5, 5.41) is 1.15. The van der Waals surface area contributed by atoms with E-state index < -0.39 is 0 Å². The highest BCUT2D eigenvalue weighted by Gasteiger charge is 2.13. The normalized spacial score (nSPS) is 12.7. The lowest BCUT2D eigenvalue weighted by molar-refractivity contribution is 0.713. The highest BCUT2D eigenvalue weighted by atomic mass is 15.2. The molecule has 3 nitrogen and oxygen atoms in total. The molecule has 96 valence electrons. The minimum atomic E-state index is 0.408. The molecule has 0 saturated carbocycles. The van der Waals surface area contributed by atoms with E-state index >= 15 is 0 Å². The number of hydrogen-bond donors (Lipinski definition) is 2. The van der Waals surface area contributed by atoms with Gasteiger partial charge in [-0.15, -0.1) is 0 Å². The van der Waals surface area contributed by atoms with Gasteiger partial charge in [0.1, 0.15) is 0 Å². The smallest absolute Gasteiger partial charge is 0.0738 e. The van der Waals surface area contributed by atoms with E-state index in [0.29, 0.717) is 5.92 Å². The average molecular weight is 243 g/mol. The lowest BCUT2D eigenvalue weighted by Gasteiger charge is -2.15. The number of nitrogens with one attached hydrogen (secondary N) is 1. The molecule has 0 spiro atoms. The van der Waals surface area contributed by atoms with Gasteiger partial charge in [-0.25, -0.2) is 0 Å². The van der Waals surface area contributed by atoms with Crippen LogP contribution in [0.4, 0.5) is 5.69 Å². The molecule has 0 bridgehead atoms. The minimum absolute atomic E-state index is 0.408. The van der Waals surface area contributed by atoms with Crippen molar-refractivity contribution in [2.45, 2.75) is 39.5 Å². The first-order valence-electron chi connectivity index (χ1n) is 6.60. The van der Waals surface area contributed by atoms with E-state index in [0.717, 1.165) is 35.1 Å². The summed E-state index contributed by atoms with van der Waals surface area (Å²) in [6, 6.07) is 8.41. The van der Waals surface area contributed by atoms with Gasteiger partial charge in [0.15, 0.2) is 0 Å². The Morgan fingerprint density at radius 1 is 1.33 bits per heavy atom. The third kappa shape index (κ3) is 2.18. The number of hydrogen-bond acceptors (Lipinski definition) is 3. The van der Waals surface area contributed by atoms with Gasteiger partial charge in [0.25, 0.3) is 0 Å². The Morgan fingerprint density at radius 3 is 2.72 bits per heavy atom. The SMILES string of the molecule is CCc1cccc2cc(NN)c(C(C)CC)nc12. The van der Waals surface area contributed by atoms with Crippen molar-refractivity contribution in [3.05, 3.63) is 35.5 Å². The number of aromatic nitrogens is 1. The number of anilines is 1. The number of rotatable bonds is 4. The Balaban J connectivity index is 2.69. The van der Waals surface area contributed by atoms with Crippen molar-refractivity contribution in [1.29, 1.82) is 0 Å². The monoisotopic (exact) mass is 243 g/mol. The second-order valence-electron chi connectivity index (χ2n) is 4.72. The van der Waals surface area contributed by atoms with Crippen LogP contribution in [0.5, 0.6) is 0 Å². The van der Waals surface area contributed by atoms with E-state index in [1.807, 2.05) is 0 Å². The molecule has 3 heteroatoms. The van der Waals surface area contributed by atoms with Gasteiger partial charge in [0.05, 0.1) is 16.9 Å². The second kappa shape index (κ2) is 5.36. The molecule has 0 aliphatic heterocycles. The lowest BCUT2D eigenvalue weighted by atomic mass is 10.00. The Kier molecular flexibility index (Phi) is 3.82. The Bertz CT molecular complexity index is 549. The maximum atomic E-state index is 5.61. The molecule has 2 aromatic rings. The molecule has 0 amide bonds. The zero-order valence-electron chi connectivity index (χ0n) is 11.3. The van der Waals surface area contributed by atoms with Crippen LogP contribution in [0.3, 0.4) is 0 Å². The number of fused-ring (bicyclic) bond motifs is 1. The van der Waals surface area contributed by atoms with E-state index in [1.54, 1.807) is 0 Å². The Hall–Kier alpha value is -1.61. The fraction of sp³-hybridized carbons (Fsp3) is 0.400. The third-order valence-electron chi connectivity index (χ3n) is 3.57. The molecule has 0 aliphatic rings. The highest BCUT2D eigenvalue weighted by Crippen LogP contribution is 2.29. The van der Waals surface area contributed by atoms with Crippen molar-refractivity contribution < 1.29 is 0 Å². The summed E-state index contributed by atoms with van der Waals surface area (Å²) in [5.41, 5.74) is 7.17. The number of nitrogens with zero attached hydrogens (tertiary/aromatic N) is 1. The third-order valence-corrected chi connectivity index (χ3v) is 3.57. The molecule has 3 N–H and O–H groups in total. The number of benzene rings is 1. The van der Waals surface area contributed by atoms with Crippen LogP contribution in [0.1, 0.15) is 44.4 Å². The molecule has 1 atom stereocenters. The van der Waals surface area contributed by atoms with Gasteiger partial charge >= 0.3 is 0 Å². The molecule has 0 aliphatic carbocycles. The quantitative estimate of drug-likeness (QED) is 0.637. The molecular weight excluding hydrogens is 222 g/mol. The van der Waals surface area contributed by atoms with Crippen LogP contribution >= 0.6 is 0 Å². The number of hydrazine groups is 1. The second-order valence-corrected chi connectivity index (χ2v) is 4.72. The van der Waals surface area contributed by atoms with Crippen molar-refractivity contribution in [3.8, 4) is 0 Å². The summed E-state index contributed by atoms with van der Waals surface area (Å²) in [6.45, 7) is 6.51. The van der Waals surface area contributed by atoms with Crippen molar-refractivity contribution in [2.24, 2.45) is 5.84 Å². The lowest BCUT2D eigenvalue weighted by Crippen LogP contribution is -2.12. The standard InChI is InChI=1S/C15H21N3/c1-4-10(3)14-13(18-16)9-12-8-6-7-11(5-2)15(12)17-14/h6-10,18H,4-5,16H2,1-3H3. The molecule has 0 saturated heterocycles. The first-order valence-corrected chi connectivity index (χ1v) is 6.60. The minimum Gasteiger partial charge on any atom is -0.322 e. The summed E-state index contributed by atoms with van der Waals surface area (Å²) >= 11 is 0. The highest BCUT2D eigenvalue weighted by molar-refractivity contribution is 5.85. The molecule has 1 aromatic heterocycles. The van der Waals surface area contributed by atoms with Gasteiger partial charge in [-0.05, 0) is 24.5 Å². The average Bonchev–Trinajstić information content (AvgIpc) is 2.44. The van der Waals surface area contributed by atoms with E-state index in [2.05, 4.69) is 50.5 Å². The fourth-order valence-corrected chi connectivity index (χ4v) is 2.24. The number of para-hydroxylation sites is 1. The van der Waals surface area contributed by atoms with E-state index in [4.69, 9.17) is 10.8 Å². The Morgan fingerprint density at radius 2 is 2.11 bits per heavy atom. The summed E-state index contributed by atoms with van der Waals surface area (Å²) in [6.07, 6.45) is 2.06. The zero-order valence-corrected chi connectivity index (χ0v) is 11.3. The molecule has 0 fully saturated rings. The molecule has 0 radical (unpaired) electrons. The van der Waals surface area contributed by atoms with Crippen LogP contribution in [0.15, 0.2) is 24.3 Å². The largest absolute Gasteiger partial charge is 0.322 e. The van der Waals surface area contributed by atoms with Crippen molar-refractivity contribution >= 4 is 16.6 Å². The van der Waals surface area contributed by atoms with Gasteiger partial charge < -0.3 is 5.43 Å². The molecule has 2 rings (SSSR count). The van der Waals surface area contributed by atoms with Crippen LogP contribution < -0.4 is 11.3 Å². The fourth-order valence-electron chi connectivity index (χ4n) is 2.24. The van der Waals surface area contributed by atoms with Crippen LogP contribution in [0, 0.1) is 0 Å². The molecule has 1 aromatic carbocycles. The zero-order chi connectivity index (χ0) is 13.1. The molecule has 1 heterocycles. The van der Waals surface area contributed by atoms with E-state index in [9.17, 15) is 0 Å². The maximum Gasteiger partial charge on any atom is 0.0738 e. The van der Waals surface area contributed by atoms with Gasteiger partial charge in [-0.2, -0.15) is 0 Å². The van der Waals surface area contributed by atoms with E-state index in [1.165, 1.54) is 5.56 Å². The van der Waals surface area contributed by atoms with Gasteiger partial charge in [0.2, 0.25) is 0 Å². The van der Waals surface area contributed by atoms with Gasteiger partial charge in [-0.1, -0.05) is 39.0 Å². The molecular formula is C15H21N3. The van der Waals surface area contributed by atoms with Crippen LogP contribution in [0.2, 0.25) is 0 Å². The van der Waals surface area contributed by atoms with Crippen molar-refractivity contribution in [3.63, 3.8) is 0 Å². The summed E-state index contributed by atoms with van der Waals surface area (Å²) < 4.78 is 0. The Labute approximate surface area is 108 Å². The first-order chi connectivity index (χ1) is 8.71. The molecule has 1 unspecified atom stereocenters. The first kappa shape index (κ1) is 12.8. The maximum absolute atomic E-state index is 5.61. The van der Waals surface area contributed by atoms with Crippen LogP contribution in [0.25, 0.3) is 10.9 Å². The van der Waals surface area contributed by atoms with Crippen molar-refractivity contribution in [2.75, 3.05) is 5.43 Å². The number of nitrogen functional groups attached to an aromatic ring is 1. The summed E-state index contributed by atoms with van der Waals surface area (Å²) in [7, 11) is 0. The summed E-state index contributed by atoms with van der Waals surface area (Å²) in [5.74, 6) is 6.02. The van der Waals surface area contributed by atoms with Crippen LogP contribution in [-0.2, 0) is 6.42 Å². The van der Waals surface area contributed by atoms with Gasteiger partial charge in [-0.3, -0.25) is 10.8 Å². The number of pyridine rings is 1.